The summed E-state index contributed by atoms with van der Waals surface area (Å²) in [6, 6.07) is 9.31. The first-order chi connectivity index (χ1) is 11.8. The maximum Gasteiger partial charge on any atom is 0.337 e. The minimum Gasteiger partial charge on any atom is -0.478 e. The molecule has 2 rings (SSSR count). The summed E-state index contributed by atoms with van der Waals surface area (Å²) >= 11 is 0. The average Bonchev–Trinajstić information content (AvgIpc) is 2.54. The maximum absolute atomic E-state index is 10.7. The number of carboxylic acid groups (broad SMARTS) is 2. The van der Waals surface area contributed by atoms with Crippen LogP contribution in [0.1, 0.15) is 20.7 Å². The van der Waals surface area contributed by atoms with Gasteiger partial charge >= 0.3 is 11.9 Å². The van der Waals surface area contributed by atoms with Crippen LogP contribution in [0.3, 0.4) is 0 Å². The molecule has 0 heterocycles. The molecule has 0 atom stereocenters. The Morgan fingerprint density at radius 3 is 1.73 bits per heavy atom. The molecule has 0 aliphatic heterocycles. The first-order valence-corrected chi connectivity index (χ1v) is 9.32. The Labute approximate surface area is 147 Å². The summed E-state index contributed by atoms with van der Waals surface area (Å²) in [5.41, 5.74) is -0.625. The van der Waals surface area contributed by atoms with Crippen LogP contribution in [0.15, 0.2) is 58.3 Å². The van der Waals surface area contributed by atoms with Gasteiger partial charge in [0.05, 0.1) is 16.0 Å². The Morgan fingerprint density at radius 1 is 0.731 bits per heavy atom. The molecule has 0 aliphatic rings. The van der Waals surface area contributed by atoms with Crippen LogP contribution >= 0.6 is 0 Å². The van der Waals surface area contributed by atoms with Gasteiger partial charge in [-0.05, 0) is 30.3 Å². The van der Waals surface area contributed by atoms with Crippen molar-refractivity contribution in [2.45, 2.75) is 9.79 Å². The fraction of sp³-hybridized carbons (Fsp3) is 0. The van der Waals surface area contributed by atoms with Crippen molar-refractivity contribution in [1.82, 2.24) is 0 Å². The lowest BCUT2D eigenvalue weighted by molar-refractivity contribution is 0.0683. The molecule has 0 saturated carbocycles. The quantitative estimate of drug-likeness (QED) is 0.541. The molecule has 2 aromatic rings. The van der Waals surface area contributed by atoms with E-state index < -0.39 is 47.5 Å². The Bertz CT molecular complexity index is 1040. The largest absolute Gasteiger partial charge is 0.478 e. The normalized spacial score (nSPS) is 11.2. The highest BCUT2D eigenvalue weighted by molar-refractivity contribution is 7.86. The van der Waals surface area contributed by atoms with Crippen LogP contribution in [0.25, 0.3) is 0 Å². The fourth-order valence-electron chi connectivity index (χ4n) is 1.66. The summed E-state index contributed by atoms with van der Waals surface area (Å²) < 4.78 is 59.6. The van der Waals surface area contributed by atoms with Gasteiger partial charge in [-0.15, -0.1) is 0 Å². The molecular weight excluding hydrogens is 392 g/mol. The minimum absolute atomic E-state index is 0.185. The molecule has 0 bridgehead atoms. The van der Waals surface area contributed by atoms with Crippen LogP contribution in [0.4, 0.5) is 0 Å². The van der Waals surface area contributed by atoms with Gasteiger partial charge < -0.3 is 10.2 Å². The van der Waals surface area contributed by atoms with Gasteiger partial charge in [0.25, 0.3) is 20.2 Å². The second kappa shape index (κ2) is 8.05. The topological polar surface area (TPSA) is 183 Å². The third kappa shape index (κ3) is 5.93. The standard InChI is InChI=1S/2C7H6O5S/c8-7(9)5-2-1-3-6(4-5)13(10,11)12;8-7(9)5-3-1-2-4-6(5)13(10,11)12/h2*1-4H,(H,8,9)(H,10,11,12). The van der Waals surface area contributed by atoms with E-state index in [2.05, 4.69) is 0 Å². The zero-order valence-corrected chi connectivity index (χ0v) is 14.3. The van der Waals surface area contributed by atoms with Crippen LogP contribution in [0.5, 0.6) is 0 Å². The molecule has 0 fully saturated rings. The Balaban J connectivity index is 0.000000260. The number of rotatable bonds is 4. The minimum atomic E-state index is -4.46. The number of carbonyl (C=O) groups is 2. The molecular formula is C14H12O10S2. The first-order valence-electron chi connectivity index (χ1n) is 6.44. The molecule has 140 valence electrons. The summed E-state index contributed by atoms with van der Waals surface area (Å²) in [6.07, 6.45) is 0. The van der Waals surface area contributed by atoms with Crippen molar-refractivity contribution in [2.24, 2.45) is 0 Å². The molecule has 0 amide bonds. The molecule has 0 aliphatic carbocycles. The van der Waals surface area contributed by atoms with Crippen molar-refractivity contribution >= 4 is 32.2 Å². The lowest BCUT2D eigenvalue weighted by atomic mass is 10.2. The maximum atomic E-state index is 10.7. The van der Waals surface area contributed by atoms with Crippen molar-refractivity contribution in [2.75, 3.05) is 0 Å². The van der Waals surface area contributed by atoms with Gasteiger partial charge in [0.15, 0.2) is 0 Å². The molecule has 12 heteroatoms. The summed E-state index contributed by atoms with van der Waals surface area (Å²) in [6.45, 7) is 0. The highest BCUT2D eigenvalue weighted by Crippen LogP contribution is 2.14. The summed E-state index contributed by atoms with van der Waals surface area (Å²) in [5.74, 6) is -2.64. The third-order valence-electron chi connectivity index (χ3n) is 2.77. The predicted octanol–water partition coefficient (Wildman–Crippen LogP) is 1.26. The van der Waals surface area contributed by atoms with E-state index in [-0.39, 0.29) is 5.56 Å². The predicted molar refractivity (Wildman–Crippen MR) is 86.4 cm³/mol. The van der Waals surface area contributed by atoms with Crippen LogP contribution in [-0.2, 0) is 20.2 Å². The van der Waals surface area contributed by atoms with Gasteiger partial charge in [-0.2, -0.15) is 16.8 Å². The van der Waals surface area contributed by atoms with Gasteiger partial charge in [-0.3, -0.25) is 9.11 Å². The lowest BCUT2D eigenvalue weighted by Crippen LogP contribution is -2.07. The molecule has 0 spiro atoms. The van der Waals surface area contributed by atoms with E-state index in [4.69, 9.17) is 19.3 Å². The van der Waals surface area contributed by atoms with E-state index in [1.54, 1.807) is 0 Å². The van der Waals surface area contributed by atoms with Crippen LogP contribution in [0.2, 0.25) is 0 Å². The van der Waals surface area contributed by atoms with Gasteiger partial charge in [-0.25, -0.2) is 9.59 Å². The van der Waals surface area contributed by atoms with E-state index in [1.807, 2.05) is 0 Å². The van der Waals surface area contributed by atoms with Crippen molar-refractivity contribution < 1.29 is 45.7 Å². The second-order valence-electron chi connectivity index (χ2n) is 4.58. The van der Waals surface area contributed by atoms with Gasteiger partial charge in [0.1, 0.15) is 4.90 Å². The van der Waals surface area contributed by atoms with Crippen LogP contribution < -0.4 is 0 Å². The van der Waals surface area contributed by atoms with Crippen LogP contribution in [-0.4, -0.2) is 48.1 Å². The Hall–Kier alpha value is -2.80. The first kappa shape index (κ1) is 21.2. The number of hydrogen-bond acceptors (Lipinski definition) is 6. The van der Waals surface area contributed by atoms with E-state index in [0.29, 0.717) is 0 Å². The SMILES string of the molecule is O=C(O)c1cccc(S(=O)(=O)O)c1.O=C(O)c1ccccc1S(=O)(=O)O. The molecule has 26 heavy (non-hydrogen) atoms. The average molecular weight is 404 g/mol. The summed E-state index contributed by atoms with van der Waals surface area (Å²) in [4.78, 5) is 19.9. The molecule has 0 saturated heterocycles. The molecule has 0 unspecified atom stereocenters. The zero-order valence-electron chi connectivity index (χ0n) is 12.7. The van der Waals surface area contributed by atoms with Crippen molar-refractivity contribution in [3.63, 3.8) is 0 Å². The highest BCUT2D eigenvalue weighted by Gasteiger charge is 2.18. The van der Waals surface area contributed by atoms with Gasteiger partial charge in [0, 0.05) is 0 Å². The number of aromatic carboxylic acids is 2. The fourth-order valence-corrected chi connectivity index (χ4v) is 2.87. The Kier molecular flexibility index (Phi) is 6.58. The third-order valence-corrected chi connectivity index (χ3v) is 4.54. The van der Waals surface area contributed by atoms with Crippen molar-refractivity contribution in [3.8, 4) is 0 Å². The Morgan fingerprint density at radius 2 is 1.31 bits per heavy atom. The van der Waals surface area contributed by atoms with E-state index >= 15 is 0 Å². The van der Waals surface area contributed by atoms with Gasteiger partial charge in [-0.1, -0.05) is 18.2 Å². The van der Waals surface area contributed by atoms with Crippen molar-refractivity contribution in [1.29, 1.82) is 0 Å². The number of carboxylic acids is 2. The summed E-state index contributed by atoms with van der Waals surface area (Å²) in [5, 5.41) is 17.1. The summed E-state index contributed by atoms with van der Waals surface area (Å²) in [7, 11) is -8.78. The second-order valence-corrected chi connectivity index (χ2v) is 7.40. The van der Waals surface area contributed by atoms with E-state index in [1.165, 1.54) is 24.3 Å². The highest BCUT2D eigenvalue weighted by atomic mass is 32.2. The van der Waals surface area contributed by atoms with Gasteiger partial charge in [0.2, 0.25) is 0 Å². The van der Waals surface area contributed by atoms with Crippen LogP contribution in [0, 0.1) is 0 Å². The van der Waals surface area contributed by atoms with E-state index in [0.717, 1.165) is 24.3 Å². The molecule has 0 aromatic heterocycles. The smallest absolute Gasteiger partial charge is 0.337 e. The number of benzene rings is 2. The number of hydrogen-bond donors (Lipinski definition) is 4. The van der Waals surface area contributed by atoms with E-state index in [9.17, 15) is 26.4 Å². The monoisotopic (exact) mass is 404 g/mol. The lowest BCUT2D eigenvalue weighted by Gasteiger charge is -2.00. The zero-order chi connectivity index (χ0) is 20.1. The van der Waals surface area contributed by atoms with Crippen molar-refractivity contribution in [3.05, 3.63) is 59.7 Å². The molecule has 4 N–H and O–H groups in total. The molecule has 0 radical (unpaired) electrons. The molecule has 2 aromatic carbocycles. The molecule has 10 nitrogen and oxygen atoms in total.